The molecule has 1 aromatic carbocycles. The van der Waals surface area contributed by atoms with E-state index in [1.165, 1.54) is 25.7 Å². The van der Waals surface area contributed by atoms with Gasteiger partial charge >= 0.3 is 0 Å². The first-order valence-corrected chi connectivity index (χ1v) is 9.93. The lowest BCUT2D eigenvalue weighted by molar-refractivity contribution is 0.0758. The quantitative estimate of drug-likeness (QED) is 0.905. The first-order valence-electron chi connectivity index (χ1n) is 9.93. The highest BCUT2D eigenvalue weighted by Gasteiger charge is 2.26. The van der Waals surface area contributed by atoms with Crippen LogP contribution in [0, 0.1) is 0 Å². The molecule has 1 amide bonds. The zero-order valence-corrected chi connectivity index (χ0v) is 15.7. The van der Waals surface area contributed by atoms with Gasteiger partial charge in [0.15, 0.2) is 5.82 Å². The Bertz CT molecular complexity index is 785. The van der Waals surface area contributed by atoms with Crippen LogP contribution in [0.15, 0.2) is 36.5 Å². The number of rotatable bonds is 3. The molecule has 0 radical (unpaired) electrons. The Labute approximate surface area is 160 Å². The number of nitrogens with zero attached hydrogens (tertiary/aromatic N) is 4. The molecule has 2 heterocycles. The molecular formula is C21H27N5O. The Morgan fingerprint density at radius 1 is 0.963 bits per heavy atom. The highest BCUT2D eigenvalue weighted by molar-refractivity contribution is 5.94. The van der Waals surface area contributed by atoms with Gasteiger partial charge in [0.1, 0.15) is 5.82 Å². The van der Waals surface area contributed by atoms with Crippen LogP contribution in [-0.2, 0) is 0 Å². The number of benzene rings is 1. The van der Waals surface area contributed by atoms with Crippen molar-refractivity contribution in [2.45, 2.75) is 38.1 Å². The van der Waals surface area contributed by atoms with Gasteiger partial charge in [-0.25, -0.2) is 9.97 Å². The predicted molar refractivity (Wildman–Crippen MR) is 106 cm³/mol. The molecule has 2 aliphatic rings. The minimum absolute atomic E-state index is 0.114. The third-order valence-electron chi connectivity index (χ3n) is 5.73. The Morgan fingerprint density at radius 3 is 2.48 bits per heavy atom. The van der Waals surface area contributed by atoms with E-state index in [9.17, 15) is 4.79 Å². The molecule has 0 bridgehead atoms. The van der Waals surface area contributed by atoms with E-state index in [2.05, 4.69) is 14.9 Å². The number of aromatic nitrogens is 2. The summed E-state index contributed by atoms with van der Waals surface area (Å²) in [6.07, 6.45) is 8.05. The lowest BCUT2D eigenvalue weighted by Gasteiger charge is -2.27. The molecule has 1 saturated heterocycles. The lowest BCUT2D eigenvalue weighted by Crippen LogP contribution is -2.38. The summed E-state index contributed by atoms with van der Waals surface area (Å²) in [5.74, 6) is 1.14. The SMILES string of the molecule is Nc1ccnc(-c2ccc(C(=O)N3CCCN(C4CCCC4)CC3)cc2)n1. The van der Waals surface area contributed by atoms with E-state index >= 15 is 0 Å². The van der Waals surface area contributed by atoms with E-state index in [1.807, 2.05) is 29.2 Å². The van der Waals surface area contributed by atoms with Gasteiger partial charge in [-0.15, -0.1) is 0 Å². The summed E-state index contributed by atoms with van der Waals surface area (Å²) >= 11 is 0. The van der Waals surface area contributed by atoms with Crippen molar-refractivity contribution in [3.8, 4) is 11.4 Å². The van der Waals surface area contributed by atoms with Crippen molar-refractivity contribution in [1.29, 1.82) is 0 Å². The number of nitrogens with two attached hydrogens (primary N) is 1. The average Bonchev–Trinajstić information content (AvgIpc) is 3.12. The van der Waals surface area contributed by atoms with Crippen LogP contribution in [0.5, 0.6) is 0 Å². The number of nitrogen functional groups attached to an aromatic ring is 1. The monoisotopic (exact) mass is 365 g/mol. The highest BCUT2D eigenvalue weighted by Crippen LogP contribution is 2.25. The predicted octanol–water partition coefficient (Wildman–Crippen LogP) is 2.82. The van der Waals surface area contributed by atoms with Crippen LogP contribution in [0.25, 0.3) is 11.4 Å². The molecule has 6 heteroatoms. The number of hydrogen-bond donors (Lipinski definition) is 1. The Morgan fingerprint density at radius 2 is 1.74 bits per heavy atom. The molecule has 6 nitrogen and oxygen atoms in total. The third kappa shape index (κ3) is 4.11. The van der Waals surface area contributed by atoms with Crippen LogP contribution in [0.4, 0.5) is 5.82 Å². The normalized spacial score (nSPS) is 19.2. The highest BCUT2D eigenvalue weighted by atomic mass is 16.2. The minimum Gasteiger partial charge on any atom is -0.384 e. The molecule has 1 aromatic heterocycles. The number of hydrogen-bond acceptors (Lipinski definition) is 5. The largest absolute Gasteiger partial charge is 0.384 e. The van der Waals surface area contributed by atoms with E-state index in [-0.39, 0.29) is 5.91 Å². The molecular weight excluding hydrogens is 338 g/mol. The Balaban J connectivity index is 1.41. The van der Waals surface area contributed by atoms with Gasteiger partial charge < -0.3 is 10.6 Å². The van der Waals surface area contributed by atoms with E-state index in [0.29, 0.717) is 11.6 Å². The first-order chi connectivity index (χ1) is 13.2. The van der Waals surface area contributed by atoms with E-state index in [0.717, 1.165) is 49.8 Å². The number of carbonyl (C=O) groups excluding carboxylic acids is 1. The molecule has 2 N–H and O–H groups in total. The van der Waals surface area contributed by atoms with Gasteiger partial charge in [0, 0.05) is 49.5 Å². The summed E-state index contributed by atoms with van der Waals surface area (Å²) in [7, 11) is 0. The van der Waals surface area contributed by atoms with Crippen molar-refractivity contribution in [3.63, 3.8) is 0 Å². The zero-order valence-electron chi connectivity index (χ0n) is 15.7. The van der Waals surface area contributed by atoms with Gasteiger partial charge in [-0.1, -0.05) is 25.0 Å². The number of amides is 1. The van der Waals surface area contributed by atoms with E-state index in [4.69, 9.17) is 5.73 Å². The molecule has 2 aromatic rings. The van der Waals surface area contributed by atoms with Crippen LogP contribution in [0.1, 0.15) is 42.5 Å². The van der Waals surface area contributed by atoms with Crippen LogP contribution in [0.2, 0.25) is 0 Å². The maximum atomic E-state index is 12.9. The van der Waals surface area contributed by atoms with Crippen LogP contribution in [0.3, 0.4) is 0 Å². The fraction of sp³-hybridized carbons (Fsp3) is 0.476. The Hall–Kier alpha value is -2.47. The topological polar surface area (TPSA) is 75.3 Å². The van der Waals surface area contributed by atoms with Gasteiger partial charge in [-0.05, 0) is 37.5 Å². The summed E-state index contributed by atoms with van der Waals surface area (Å²) in [6.45, 7) is 3.75. The Kier molecular flexibility index (Phi) is 5.34. The second kappa shape index (κ2) is 8.05. The number of carbonyl (C=O) groups is 1. The molecule has 0 spiro atoms. The lowest BCUT2D eigenvalue weighted by atomic mass is 10.1. The van der Waals surface area contributed by atoms with Crippen molar-refractivity contribution < 1.29 is 4.79 Å². The summed E-state index contributed by atoms with van der Waals surface area (Å²) in [6, 6.07) is 9.91. The summed E-state index contributed by atoms with van der Waals surface area (Å²) in [4.78, 5) is 26.0. The summed E-state index contributed by atoms with van der Waals surface area (Å²) in [5.41, 5.74) is 7.31. The van der Waals surface area contributed by atoms with Crippen molar-refractivity contribution in [2.75, 3.05) is 31.9 Å². The molecule has 1 aliphatic carbocycles. The standard InChI is InChI=1S/C21H27N5O/c22-19-10-11-23-20(24-19)16-6-8-17(9-7-16)21(27)26-13-3-12-25(14-15-26)18-4-1-2-5-18/h6-11,18H,1-5,12-15H2,(H2,22,23,24). The smallest absolute Gasteiger partial charge is 0.253 e. The van der Waals surface area contributed by atoms with Crippen molar-refractivity contribution >= 4 is 11.7 Å². The average molecular weight is 365 g/mol. The molecule has 0 unspecified atom stereocenters. The molecule has 1 saturated carbocycles. The molecule has 4 rings (SSSR count). The fourth-order valence-electron chi connectivity index (χ4n) is 4.23. The van der Waals surface area contributed by atoms with Crippen molar-refractivity contribution in [1.82, 2.24) is 19.8 Å². The van der Waals surface area contributed by atoms with Gasteiger partial charge in [-0.2, -0.15) is 0 Å². The van der Waals surface area contributed by atoms with Gasteiger partial charge in [0.05, 0.1) is 0 Å². The van der Waals surface area contributed by atoms with Gasteiger partial charge in [0.2, 0.25) is 0 Å². The minimum atomic E-state index is 0.114. The maximum Gasteiger partial charge on any atom is 0.253 e. The third-order valence-corrected chi connectivity index (χ3v) is 5.73. The fourth-order valence-corrected chi connectivity index (χ4v) is 4.23. The molecule has 142 valence electrons. The van der Waals surface area contributed by atoms with Gasteiger partial charge in [-0.3, -0.25) is 9.69 Å². The van der Waals surface area contributed by atoms with E-state index in [1.54, 1.807) is 12.3 Å². The van der Waals surface area contributed by atoms with Gasteiger partial charge in [0.25, 0.3) is 5.91 Å². The second-order valence-corrected chi connectivity index (χ2v) is 7.50. The molecule has 27 heavy (non-hydrogen) atoms. The summed E-state index contributed by atoms with van der Waals surface area (Å²) in [5, 5.41) is 0. The molecule has 1 aliphatic heterocycles. The van der Waals surface area contributed by atoms with E-state index < -0.39 is 0 Å². The van der Waals surface area contributed by atoms with Crippen molar-refractivity contribution in [3.05, 3.63) is 42.1 Å². The zero-order chi connectivity index (χ0) is 18.6. The van der Waals surface area contributed by atoms with Crippen LogP contribution < -0.4 is 5.73 Å². The summed E-state index contributed by atoms with van der Waals surface area (Å²) < 4.78 is 0. The first kappa shape index (κ1) is 17.9. The maximum absolute atomic E-state index is 12.9. The molecule has 2 fully saturated rings. The molecule has 0 atom stereocenters. The second-order valence-electron chi connectivity index (χ2n) is 7.50. The van der Waals surface area contributed by atoms with Crippen LogP contribution >= 0.6 is 0 Å². The van der Waals surface area contributed by atoms with Crippen LogP contribution in [-0.4, -0.2) is 57.9 Å². The van der Waals surface area contributed by atoms with Crippen molar-refractivity contribution in [2.24, 2.45) is 0 Å². The number of anilines is 1.